The Hall–Kier alpha value is -2.58. The summed E-state index contributed by atoms with van der Waals surface area (Å²) in [7, 11) is 1.84. The largest absolute Gasteiger partial charge is 0.386 e. The Kier molecular flexibility index (Phi) is 17.4. The first-order valence-electron chi connectivity index (χ1n) is 14.3. The molecule has 2 fully saturated rings. The Morgan fingerprint density at radius 2 is 1.66 bits per heavy atom. The van der Waals surface area contributed by atoms with Crippen molar-refractivity contribution in [3.8, 4) is 0 Å². The third-order valence-electron chi connectivity index (χ3n) is 6.43. The van der Waals surface area contributed by atoms with Crippen LogP contribution in [0.5, 0.6) is 0 Å². The van der Waals surface area contributed by atoms with Crippen molar-refractivity contribution < 1.29 is 19.2 Å². The van der Waals surface area contributed by atoms with Gasteiger partial charge in [-0.3, -0.25) is 19.2 Å². The van der Waals surface area contributed by atoms with Gasteiger partial charge in [-0.15, -0.1) is 0 Å². The van der Waals surface area contributed by atoms with Gasteiger partial charge in [-0.2, -0.15) is 0 Å². The number of Topliss-reactive ketones (excluding diaryl/α,β-unsaturated/α-hetero) is 1. The summed E-state index contributed by atoms with van der Waals surface area (Å²) < 4.78 is 0. The number of hydrogen-bond donors (Lipinski definition) is 4. The number of nitrogens with two attached hydrogens (primary N) is 1. The van der Waals surface area contributed by atoms with Crippen molar-refractivity contribution in [3.05, 3.63) is 12.4 Å². The number of ketones is 1. The van der Waals surface area contributed by atoms with Crippen molar-refractivity contribution in [2.24, 2.45) is 17.1 Å². The van der Waals surface area contributed by atoms with Crippen molar-refractivity contribution >= 4 is 24.0 Å². The van der Waals surface area contributed by atoms with E-state index in [0.29, 0.717) is 24.6 Å². The molecule has 0 spiro atoms. The molecule has 2 aliphatic carbocycles. The lowest BCUT2D eigenvalue weighted by molar-refractivity contribution is -0.140. The number of rotatable bonds is 14. The molecule has 0 saturated heterocycles. The smallest absolute Gasteiger partial charge is 0.289 e. The van der Waals surface area contributed by atoms with Crippen molar-refractivity contribution in [2.45, 2.75) is 124 Å². The third kappa shape index (κ3) is 15.0. The summed E-state index contributed by atoms with van der Waals surface area (Å²) in [5, 5.41) is 8.11. The van der Waals surface area contributed by atoms with Crippen LogP contribution in [0.2, 0.25) is 0 Å². The van der Waals surface area contributed by atoms with Gasteiger partial charge in [0.15, 0.2) is 0 Å². The summed E-state index contributed by atoms with van der Waals surface area (Å²) in [5.74, 6) is -0.164. The number of carbonyl (C=O) groups excluding carboxylic acids is 4. The van der Waals surface area contributed by atoms with E-state index in [1.165, 1.54) is 12.8 Å². The van der Waals surface area contributed by atoms with E-state index >= 15 is 0 Å². The van der Waals surface area contributed by atoms with Crippen molar-refractivity contribution in [2.75, 3.05) is 13.6 Å². The van der Waals surface area contributed by atoms with Crippen LogP contribution >= 0.6 is 0 Å². The minimum Gasteiger partial charge on any atom is -0.386 e. The average molecular weight is 538 g/mol. The second-order valence-corrected chi connectivity index (χ2v) is 11.6. The van der Waals surface area contributed by atoms with E-state index in [4.69, 9.17) is 5.73 Å². The fraction of sp³-hybridized carbons (Fsp3) is 0.793. The van der Waals surface area contributed by atoms with Gasteiger partial charge < -0.3 is 26.6 Å². The number of likely N-dealkylation sites (N-methyl/N-ethyl adjacent to an activating group) is 1. The van der Waals surface area contributed by atoms with Gasteiger partial charge in [0.2, 0.25) is 18.1 Å². The van der Waals surface area contributed by atoms with Crippen molar-refractivity contribution in [1.82, 2.24) is 20.9 Å². The molecule has 0 heterocycles. The molecule has 0 radical (unpaired) electrons. The molecule has 9 nitrogen and oxygen atoms in total. The standard InChI is InChI=1S/C14H29N3O.C12H18N2O3.C3H8/c1-7-8-9-10-17(6)13(18)12(14(3,4)5)16-11(2)15;15-7-13-10(6-8-2-1-3-8)11(16)12(17)14-9-4-5-9;1-3-2/h12,16H,2,7-10,15H2,1,3-6H3;7-10H,1-6H2,(H,13,15)(H,14,17);3H2,1-2H3. The SMILES string of the molecule is C=C(N)NC(C(=O)N(C)CCCCC)C(C)(C)C.CCC.O=CNC(CC1CCC1)C(=O)C(=O)NC1CC1. The summed E-state index contributed by atoms with van der Waals surface area (Å²) in [5.41, 5.74) is 5.38. The predicted molar refractivity (Wildman–Crippen MR) is 154 cm³/mol. The monoisotopic (exact) mass is 537 g/mol. The maximum absolute atomic E-state index is 12.4. The van der Waals surface area contributed by atoms with Crippen LogP contribution in [0.3, 0.4) is 0 Å². The van der Waals surface area contributed by atoms with Crippen LogP contribution < -0.4 is 21.7 Å². The Morgan fingerprint density at radius 1 is 1.08 bits per heavy atom. The minimum absolute atomic E-state index is 0.0743. The molecule has 0 aromatic carbocycles. The molecule has 2 atom stereocenters. The zero-order valence-corrected chi connectivity index (χ0v) is 25.0. The molecule has 9 heteroatoms. The number of unbranched alkanes of at least 4 members (excludes halogenated alkanes) is 2. The van der Waals surface area contributed by atoms with E-state index in [1.54, 1.807) is 4.90 Å². The number of nitrogens with one attached hydrogen (secondary N) is 3. The van der Waals surface area contributed by atoms with E-state index in [1.807, 2.05) is 27.8 Å². The molecule has 220 valence electrons. The number of carbonyl (C=O) groups is 4. The molecule has 5 N–H and O–H groups in total. The molecule has 0 aromatic heterocycles. The maximum Gasteiger partial charge on any atom is 0.289 e. The second-order valence-electron chi connectivity index (χ2n) is 11.6. The molecule has 0 bridgehead atoms. The first-order chi connectivity index (χ1) is 17.8. The van der Waals surface area contributed by atoms with Gasteiger partial charge in [-0.25, -0.2) is 0 Å². The Labute approximate surface area is 231 Å². The molecule has 0 aromatic rings. The number of hydrogen-bond acceptors (Lipinski definition) is 6. The average Bonchev–Trinajstić information content (AvgIpc) is 3.62. The quantitative estimate of drug-likeness (QED) is 0.152. The van der Waals surface area contributed by atoms with Gasteiger partial charge in [0, 0.05) is 19.6 Å². The molecule has 2 rings (SSSR count). The topological polar surface area (TPSA) is 134 Å². The lowest BCUT2D eigenvalue weighted by Crippen LogP contribution is -2.52. The molecular weight excluding hydrogens is 482 g/mol. The fourth-order valence-corrected chi connectivity index (χ4v) is 3.80. The summed E-state index contributed by atoms with van der Waals surface area (Å²) in [6.45, 7) is 16.9. The molecule has 0 aliphatic heterocycles. The van der Waals surface area contributed by atoms with Crippen molar-refractivity contribution in [1.29, 1.82) is 0 Å². The lowest BCUT2D eigenvalue weighted by Gasteiger charge is -2.34. The second kappa shape index (κ2) is 18.6. The van der Waals surface area contributed by atoms with Gasteiger partial charge in [-0.05, 0) is 37.0 Å². The lowest BCUT2D eigenvalue weighted by atomic mass is 9.80. The van der Waals surface area contributed by atoms with Crippen LogP contribution in [0.25, 0.3) is 0 Å². The first-order valence-corrected chi connectivity index (χ1v) is 14.3. The summed E-state index contributed by atoms with van der Waals surface area (Å²) >= 11 is 0. The zero-order valence-electron chi connectivity index (χ0n) is 25.0. The fourth-order valence-electron chi connectivity index (χ4n) is 3.80. The normalized spacial score (nSPS) is 16.1. The predicted octanol–water partition coefficient (Wildman–Crippen LogP) is 3.62. The van der Waals surface area contributed by atoms with E-state index in [2.05, 4.69) is 43.3 Å². The minimum atomic E-state index is -0.642. The van der Waals surface area contributed by atoms with E-state index in [0.717, 1.165) is 51.5 Å². The van der Waals surface area contributed by atoms with Gasteiger partial charge in [0.25, 0.3) is 5.91 Å². The molecule has 38 heavy (non-hydrogen) atoms. The zero-order chi connectivity index (χ0) is 29.3. The highest BCUT2D eigenvalue weighted by Gasteiger charge is 2.34. The molecule has 2 saturated carbocycles. The maximum atomic E-state index is 12.4. The highest BCUT2D eigenvalue weighted by molar-refractivity contribution is 6.38. The van der Waals surface area contributed by atoms with E-state index < -0.39 is 17.7 Å². The summed E-state index contributed by atoms with van der Waals surface area (Å²) in [6, 6.07) is -0.801. The van der Waals surface area contributed by atoms with Crippen LogP contribution in [0.15, 0.2) is 12.4 Å². The number of amides is 3. The van der Waals surface area contributed by atoms with Gasteiger partial charge >= 0.3 is 0 Å². The van der Waals surface area contributed by atoms with Gasteiger partial charge in [0.1, 0.15) is 6.04 Å². The van der Waals surface area contributed by atoms with Gasteiger partial charge in [-0.1, -0.05) is 86.6 Å². The molecule has 3 amide bonds. The summed E-state index contributed by atoms with van der Waals surface area (Å²) in [6.07, 6.45) is 11.0. The first kappa shape index (κ1) is 35.4. The Morgan fingerprint density at radius 3 is 2.05 bits per heavy atom. The Balaban J connectivity index is 0.000000653. The Bertz CT molecular complexity index is 742. The van der Waals surface area contributed by atoms with Crippen LogP contribution in [-0.4, -0.2) is 60.6 Å². The van der Waals surface area contributed by atoms with Crippen LogP contribution in [0, 0.1) is 11.3 Å². The van der Waals surface area contributed by atoms with E-state index in [-0.39, 0.29) is 23.4 Å². The van der Waals surface area contributed by atoms with E-state index in [9.17, 15) is 19.2 Å². The number of nitrogens with zero attached hydrogens (tertiary/aromatic N) is 1. The third-order valence-corrected chi connectivity index (χ3v) is 6.43. The molecular formula is C29H55N5O4. The molecule has 2 unspecified atom stereocenters. The van der Waals surface area contributed by atoms with Crippen molar-refractivity contribution in [3.63, 3.8) is 0 Å². The van der Waals surface area contributed by atoms with Crippen LogP contribution in [-0.2, 0) is 19.2 Å². The molecule has 2 aliphatic rings. The highest BCUT2D eigenvalue weighted by Crippen LogP contribution is 2.30. The summed E-state index contributed by atoms with van der Waals surface area (Å²) in [4.78, 5) is 48.1. The van der Waals surface area contributed by atoms with Crippen LogP contribution in [0.1, 0.15) is 106 Å². The highest BCUT2D eigenvalue weighted by atomic mass is 16.2. The van der Waals surface area contributed by atoms with Gasteiger partial charge in [0.05, 0.1) is 11.9 Å². The van der Waals surface area contributed by atoms with Crippen LogP contribution in [0.4, 0.5) is 0 Å².